The molecule has 1 fully saturated rings. The number of piperidine rings is 1. The molecule has 3 rings (SSSR count). The highest BCUT2D eigenvalue weighted by Gasteiger charge is 2.20. The van der Waals surface area contributed by atoms with Crippen LogP contribution in [0.15, 0.2) is 17.9 Å². The van der Waals surface area contributed by atoms with Crippen LogP contribution in [0.4, 0.5) is 0 Å². The molecule has 0 unspecified atom stereocenters. The first-order valence-corrected chi connectivity index (χ1v) is 8.12. The lowest BCUT2D eigenvalue weighted by Gasteiger charge is -2.20. The van der Waals surface area contributed by atoms with Gasteiger partial charge in [-0.25, -0.2) is 9.97 Å². The van der Waals surface area contributed by atoms with Gasteiger partial charge in [0.05, 0.1) is 11.3 Å². The van der Waals surface area contributed by atoms with Crippen molar-refractivity contribution < 1.29 is 4.79 Å². The van der Waals surface area contributed by atoms with Gasteiger partial charge < -0.3 is 15.6 Å². The van der Waals surface area contributed by atoms with E-state index < -0.39 is 0 Å². The van der Waals surface area contributed by atoms with Crippen molar-refractivity contribution in [3.63, 3.8) is 0 Å². The molecule has 1 amide bonds. The monoisotopic (exact) mass is 305 g/mol. The van der Waals surface area contributed by atoms with Crippen molar-refractivity contribution in [2.24, 2.45) is 0 Å². The summed E-state index contributed by atoms with van der Waals surface area (Å²) in [5, 5.41) is 9.20. The van der Waals surface area contributed by atoms with Crippen molar-refractivity contribution in [3.05, 3.63) is 34.3 Å². The molecule has 112 valence electrons. The van der Waals surface area contributed by atoms with E-state index in [1.165, 1.54) is 0 Å². The van der Waals surface area contributed by atoms with Gasteiger partial charge in [-0.05, 0) is 25.9 Å². The Labute approximate surface area is 127 Å². The van der Waals surface area contributed by atoms with Crippen molar-refractivity contribution >= 4 is 17.2 Å². The zero-order valence-electron chi connectivity index (χ0n) is 11.8. The van der Waals surface area contributed by atoms with Crippen LogP contribution in [0.1, 0.15) is 39.9 Å². The molecule has 0 saturated carbocycles. The first-order chi connectivity index (χ1) is 10.3. The van der Waals surface area contributed by atoms with Crippen molar-refractivity contribution in [3.8, 4) is 0 Å². The number of aromatic amines is 1. The van der Waals surface area contributed by atoms with Crippen LogP contribution in [0.5, 0.6) is 0 Å². The normalized spacial score (nSPS) is 16.0. The number of carbonyl (C=O) groups excluding carboxylic acids is 1. The Hall–Kier alpha value is -1.73. The number of rotatable bonds is 5. The molecule has 0 aliphatic carbocycles. The minimum atomic E-state index is -0.0917. The predicted octanol–water partition coefficient (Wildman–Crippen LogP) is 1.31. The number of H-pyrrole nitrogens is 1. The molecule has 1 saturated heterocycles. The largest absolute Gasteiger partial charge is 0.350 e. The SMILES string of the molecule is O=C(NCCc1cnc[nH]1)c1csc(C2CCNCC2)n1. The average molecular weight is 305 g/mol. The van der Waals surface area contributed by atoms with Crippen molar-refractivity contribution in [2.45, 2.75) is 25.2 Å². The second-order valence-electron chi connectivity index (χ2n) is 5.18. The molecule has 3 N–H and O–H groups in total. The van der Waals surface area contributed by atoms with E-state index >= 15 is 0 Å². The van der Waals surface area contributed by atoms with Gasteiger partial charge in [-0.2, -0.15) is 0 Å². The van der Waals surface area contributed by atoms with Crippen LogP contribution in [0.3, 0.4) is 0 Å². The highest BCUT2D eigenvalue weighted by molar-refractivity contribution is 7.09. The summed E-state index contributed by atoms with van der Waals surface area (Å²) in [5.41, 5.74) is 1.56. The molecular formula is C14H19N5OS. The molecule has 1 aliphatic heterocycles. The Balaban J connectivity index is 1.51. The number of nitrogens with zero attached hydrogens (tertiary/aromatic N) is 2. The Bertz CT molecular complexity index is 574. The van der Waals surface area contributed by atoms with Crippen molar-refractivity contribution in [1.82, 2.24) is 25.6 Å². The van der Waals surface area contributed by atoms with Crippen LogP contribution >= 0.6 is 11.3 Å². The van der Waals surface area contributed by atoms with Crippen LogP contribution in [0.2, 0.25) is 0 Å². The second-order valence-corrected chi connectivity index (χ2v) is 6.07. The van der Waals surface area contributed by atoms with Gasteiger partial charge in [0.15, 0.2) is 0 Å². The first kappa shape index (κ1) is 14.2. The molecule has 3 heterocycles. The molecule has 7 heteroatoms. The molecule has 0 aromatic carbocycles. The number of thiazole rings is 1. The van der Waals surface area contributed by atoms with E-state index in [0.717, 1.165) is 43.1 Å². The number of nitrogens with one attached hydrogen (secondary N) is 3. The number of imidazole rings is 1. The molecule has 0 bridgehead atoms. The van der Waals surface area contributed by atoms with Gasteiger partial charge in [0, 0.05) is 36.2 Å². The van der Waals surface area contributed by atoms with Gasteiger partial charge in [-0.15, -0.1) is 11.3 Å². The molecule has 21 heavy (non-hydrogen) atoms. The minimum absolute atomic E-state index is 0.0917. The highest BCUT2D eigenvalue weighted by atomic mass is 32.1. The third-order valence-corrected chi connectivity index (χ3v) is 4.68. The lowest BCUT2D eigenvalue weighted by molar-refractivity contribution is 0.0949. The average Bonchev–Trinajstić information content (AvgIpc) is 3.20. The number of hydrogen-bond donors (Lipinski definition) is 3. The van der Waals surface area contributed by atoms with Crippen LogP contribution < -0.4 is 10.6 Å². The molecule has 2 aromatic heterocycles. The lowest BCUT2D eigenvalue weighted by atomic mass is 9.99. The second kappa shape index (κ2) is 6.82. The summed E-state index contributed by atoms with van der Waals surface area (Å²) in [7, 11) is 0. The maximum Gasteiger partial charge on any atom is 0.270 e. The van der Waals surface area contributed by atoms with E-state index in [0.29, 0.717) is 18.2 Å². The zero-order chi connectivity index (χ0) is 14.5. The van der Waals surface area contributed by atoms with Crippen molar-refractivity contribution in [1.29, 1.82) is 0 Å². The molecule has 2 aromatic rings. The summed E-state index contributed by atoms with van der Waals surface area (Å²) >= 11 is 1.60. The number of hydrogen-bond acceptors (Lipinski definition) is 5. The summed E-state index contributed by atoms with van der Waals surface area (Å²) in [6.45, 7) is 2.66. The van der Waals surface area contributed by atoms with Crippen LogP contribution in [0.25, 0.3) is 0 Å². The number of carbonyl (C=O) groups is 1. The van der Waals surface area contributed by atoms with E-state index in [-0.39, 0.29) is 5.91 Å². The zero-order valence-corrected chi connectivity index (χ0v) is 12.6. The Kier molecular flexibility index (Phi) is 4.62. The molecule has 1 aliphatic rings. The summed E-state index contributed by atoms with van der Waals surface area (Å²) in [4.78, 5) is 23.5. The fraction of sp³-hybridized carbons (Fsp3) is 0.500. The van der Waals surface area contributed by atoms with Gasteiger partial charge in [-0.1, -0.05) is 0 Å². The third-order valence-electron chi connectivity index (χ3n) is 3.68. The molecule has 0 spiro atoms. The summed E-state index contributed by atoms with van der Waals surface area (Å²) in [6, 6.07) is 0. The van der Waals surface area contributed by atoms with Crippen LogP contribution in [-0.4, -0.2) is 40.5 Å². The topological polar surface area (TPSA) is 82.7 Å². The quantitative estimate of drug-likeness (QED) is 0.778. The standard InChI is InChI=1S/C14H19N5OS/c20-13(17-6-3-11-7-16-9-18-11)12-8-21-14(19-12)10-1-4-15-5-2-10/h7-10,15H,1-6H2,(H,16,18)(H,17,20). The van der Waals surface area contributed by atoms with E-state index in [4.69, 9.17) is 0 Å². The minimum Gasteiger partial charge on any atom is -0.350 e. The van der Waals surface area contributed by atoms with Gasteiger partial charge in [0.1, 0.15) is 5.69 Å². The Morgan fingerprint density at radius 2 is 2.29 bits per heavy atom. The van der Waals surface area contributed by atoms with E-state index in [1.54, 1.807) is 23.9 Å². The summed E-state index contributed by atoms with van der Waals surface area (Å²) in [5.74, 6) is 0.411. The molecular weight excluding hydrogens is 286 g/mol. The maximum atomic E-state index is 12.1. The highest BCUT2D eigenvalue weighted by Crippen LogP contribution is 2.27. The van der Waals surface area contributed by atoms with Crippen LogP contribution in [-0.2, 0) is 6.42 Å². The fourth-order valence-electron chi connectivity index (χ4n) is 2.47. The number of aromatic nitrogens is 3. The Morgan fingerprint density at radius 1 is 1.43 bits per heavy atom. The maximum absolute atomic E-state index is 12.1. The molecule has 6 nitrogen and oxygen atoms in total. The summed E-state index contributed by atoms with van der Waals surface area (Å²) in [6.07, 6.45) is 6.37. The molecule has 0 radical (unpaired) electrons. The van der Waals surface area contributed by atoms with Gasteiger partial charge >= 0.3 is 0 Å². The van der Waals surface area contributed by atoms with E-state index in [1.807, 2.05) is 5.38 Å². The predicted molar refractivity (Wildman–Crippen MR) is 81.6 cm³/mol. The van der Waals surface area contributed by atoms with Gasteiger partial charge in [0.25, 0.3) is 5.91 Å². The molecule has 0 atom stereocenters. The third kappa shape index (κ3) is 3.68. The van der Waals surface area contributed by atoms with Gasteiger partial charge in [-0.3, -0.25) is 4.79 Å². The lowest BCUT2D eigenvalue weighted by Crippen LogP contribution is -2.27. The van der Waals surface area contributed by atoms with Crippen LogP contribution in [0, 0.1) is 0 Å². The van der Waals surface area contributed by atoms with E-state index in [9.17, 15) is 4.79 Å². The smallest absolute Gasteiger partial charge is 0.270 e. The number of amides is 1. The van der Waals surface area contributed by atoms with Crippen molar-refractivity contribution in [2.75, 3.05) is 19.6 Å². The fourth-order valence-corrected chi connectivity index (χ4v) is 3.44. The summed E-state index contributed by atoms with van der Waals surface area (Å²) < 4.78 is 0. The van der Waals surface area contributed by atoms with Gasteiger partial charge in [0.2, 0.25) is 0 Å². The first-order valence-electron chi connectivity index (χ1n) is 7.24. The van der Waals surface area contributed by atoms with E-state index in [2.05, 4.69) is 25.6 Å². The Morgan fingerprint density at radius 3 is 3.05 bits per heavy atom.